The van der Waals surface area contributed by atoms with Gasteiger partial charge in [0.15, 0.2) is 0 Å². The zero-order valence-electron chi connectivity index (χ0n) is 20.7. The first-order chi connectivity index (χ1) is 18.8. The van der Waals surface area contributed by atoms with Gasteiger partial charge >= 0.3 is 0 Å². The molecule has 0 fully saturated rings. The van der Waals surface area contributed by atoms with Crippen molar-refractivity contribution < 1.29 is 0 Å². The fraction of sp³-hybridized carbons (Fsp3) is 0.0571. The monoisotopic (exact) mass is 504 g/mol. The van der Waals surface area contributed by atoms with Crippen LogP contribution in [0, 0.1) is 0 Å². The first-order valence-electron chi connectivity index (χ1n) is 13.1. The van der Waals surface area contributed by atoms with Crippen LogP contribution in [0.5, 0.6) is 0 Å². The predicted octanol–water partition coefficient (Wildman–Crippen LogP) is 9.20. The molecule has 1 unspecified atom stereocenters. The van der Waals surface area contributed by atoms with E-state index in [1.165, 1.54) is 43.4 Å². The summed E-state index contributed by atoms with van der Waals surface area (Å²) < 4.78 is 2.40. The lowest BCUT2D eigenvalue weighted by molar-refractivity contribution is 0.882. The summed E-state index contributed by atoms with van der Waals surface area (Å²) in [6.07, 6.45) is 9.07. The Morgan fingerprint density at radius 2 is 1.37 bits per heavy atom. The highest BCUT2D eigenvalue weighted by Gasteiger charge is 2.34. The van der Waals surface area contributed by atoms with Crippen molar-refractivity contribution in [3.63, 3.8) is 0 Å². The molecule has 0 radical (unpaired) electrons. The molecule has 2 nitrogen and oxygen atoms in total. The minimum absolute atomic E-state index is 0.416. The van der Waals surface area contributed by atoms with Gasteiger partial charge in [-0.1, -0.05) is 115 Å². The maximum absolute atomic E-state index is 5.31. The molecule has 0 N–H and O–H groups in total. The van der Waals surface area contributed by atoms with Crippen molar-refractivity contribution in [2.24, 2.45) is 0 Å². The van der Waals surface area contributed by atoms with E-state index in [0.29, 0.717) is 11.2 Å². The number of allylic oxidation sites excluding steroid dienone is 3. The Kier molecular flexibility index (Phi) is 4.92. The Morgan fingerprint density at radius 1 is 0.632 bits per heavy atom. The second-order valence-electron chi connectivity index (χ2n) is 9.94. The molecule has 3 heterocycles. The Morgan fingerprint density at radius 3 is 2.21 bits per heavy atom. The van der Waals surface area contributed by atoms with Gasteiger partial charge < -0.3 is 0 Å². The number of hydrogen-bond acceptors (Lipinski definition) is 2. The molecule has 0 bridgehead atoms. The Hall–Kier alpha value is -4.34. The number of para-hydroxylation sites is 1. The third-order valence-electron chi connectivity index (χ3n) is 7.74. The second kappa shape index (κ2) is 8.61. The molecule has 3 heteroatoms. The lowest BCUT2D eigenvalue weighted by atomic mass is 9.92. The largest absolute Gasteiger partial charge is 0.293 e. The van der Waals surface area contributed by atoms with Crippen LogP contribution in [0.4, 0.5) is 0 Å². The maximum atomic E-state index is 5.31. The van der Waals surface area contributed by atoms with E-state index >= 15 is 0 Å². The topological polar surface area (TPSA) is 17.8 Å². The smallest absolute Gasteiger partial charge is 0.138 e. The second-order valence-corrected chi connectivity index (χ2v) is 11.1. The van der Waals surface area contributed by atoms with Crippen LogP contribution in [-0.2, 0) is 0 Å². The minimum atomic E-state index is 0.416. The summed E-state index contributed by atoms with van der Waals surface area (Å²) in [4.78, 5) is 6.69. The fourth-order valence-electron chi connectivity index (χ4n) is 5.97. The average molecular weight is 505 g/mol. The number of hydrogen-bond donors (Lipinski definition) is 0. The predicted molar refractivity (Wildman–Crippen MR) is 160 cm³/mol. The van der Waals surface area contributed by atoms with E-state index in [9.17, 15) is 0 Å². The van der Waals surface area contributed by atoms with Gasteiger partial charge in [-0.15, -0.1) is 11.8 Å². The number of benzene rings is 4. The van der Waals surface area contributed by atoms with E-state index in [1.807, 2.05) is 11.8 Å². The number of aromatic nitrogens is 2. The van der Waals surface area contributed by atoms with Gasteiger partial charge in [0.2, 0.25) is 0 Å². The lowest BCUT2D eigenvalue weighted by Crippen LogP contribution is -2.06. The van der Waals surface area contributed by atoms with Gasteiger partial charge in [-0.3, -0.25) is 4.57 Å². The summed E-state index contributed by atoms with van der Waals surface area (Å²) in [7, 11) is 0. The van der Waals surface area contributed by atoms with Crippen LogP contribution in [-0.4, -0.2) is 14.8 Å². The van der Waals surface area contributed by atoms with Crippen molar-refractivity contribution in [1.82, 2.24) is 9.55 Å². The minimum Gasteiger partial charge on any atom is -0.293 e. The Balaban J connectivity index is 1.46. The van der Waals surface area contributed by atoms with E-state index in [-0.39, 0.29) is 0 Å². The summed E-state index contributed by atoms with van der Waals surface area (Å²) in [6.45, 7) is 0. The highest BCUT2D eigenvalue weighted by atomic mass is 32.2. The summed E-state index contributed by atoms with van der Waals surface area (Å²) in [6, 6.07) is 39.0. The molecule has 1 aliphatic heterocycles. The molecule has 0 spiro atoms. The maximum Gasteiger partial charge on any atom is 0.138 e. The summed E-state index contributed by atoms with van der Waals surface area (Å²) in [5.74, 6) is 1.37. The van der Waals surface area contributed by atoms with Crippen LogP contribution in [0.1, 0.15) is 11.5 Å². The third-order valence-corrected chi connectivity index (χ3v) is 9.12. The number of thioether (sulfide) groups is 1. The molecule has 8 rings (SSSR count). The molecule has 1 aliphatic carbocycles. The average Bonchev–Trinajstić information content (AvgIpc) is 3.54. The standard InChI is InChI=1S/C35H24N2S/c1-3-11-23(12-4-1)25-21-30(24-13-5-2-6-14-24)36-33(22-25)37-31-17-9-7-15-26(31)28-19-20-29-27-16-8-10-18-32(27)38-35(29)34(28)37/h1-22,27,32H/t27-,32?/m0/s1. The van der Waals surface area contributed by atoms with Crippen LogP contribution in [0.3, 0.4) is 0 Å². The first kappa shape index (κ1) is 21.7. The highest BCUT2D eigenvalue weighted by molar-refractivity contribution is 8.00. The Labute approximate surface area is 226 Å². The van der Waals surface area contributed by atoms with Crippen molar-refractivity contribution in [2.75, 3.05) is 0 Å². The zero-order chi connectivity index (χ0) is 25.1. The van der Waals surface area contributed by atoms with Gasteiger partial charge in [0.25, 0.3) is 0 Å². The molecule has 0 saturated carbocycles. The van der Waals surface area contributed by atoms with Crippen LogP contribution in [0.15, 0.2) is 138 Å². The number of rotatable bonds is 3. The normalized spacial score (nSPS) is 17.7. The van der Waals surface area contributed by atoms with Crippen LogP contribution < -0.4 is 0 Å². The van der Waals surface area contributed by atoms with E-state index in [4.69, 9.17) is 4.98 Å². The molecule has 2 aromatic heterocycles. The number of pyridine rings is 1. The quantitative estimate of drug-likeness (QED) is 0.239. The van der Waals surface area contributed by atoms with Crippen molar-refractivity contribution in [2.45, 2.75) is 16.1 Å². The van der Waals surface area contributed by atoms with E-state index in [2.05, 4.69) is 138 Å². The molecular weight excluding hydrogens is 480 g/mol. The summed E-state index contributed by atoms with van der Waals surface area (Å²) >= 11 is 1.99. The molecule has 2 aliphatic rings. The van der Waals surface area contributed by atoms with Gasteiger partial charge in [0, 0.05) is 32.4 Å². The van der Waals surface area contributed by atoms with Gasteiger partial charge in [-0.2, -0.15) is 0 Å². The van der Waals surface area contributed by atoms with Gasteiger partial charge in [-0.25, -0.2) is 4.98 Å². The zero-order valence-corrected chi connectivity index (χ0v) is 21.5. The number of nitrogens with zero attached hydrogens (tertiary/aromatic N) is 2. The SMILES string of the molecule is C1=CC2Sc3c(ccc4c5ccccc5n(-c5cc(-c6ccccc6)cc(-c6ccccc6)n5)c34)[C@@H]2C=C1. The number of fused-ring (bicyclic) bond motifs is 7. The molecule has 38 heavy (non-hydrogen) atoms. The van der Waals surface area contributed by atoms with Crippen LogP contribution >= 0.6 is 11.8 Å². The van der Waals surface area contributed by atoms with Crippen molar-refractivity contribution in [3.8, 4) is 28.2 Å². The highest BCUT2D eigenvalue weighted by Crippen LogP contribution is 2.52. The van der Waals surface area contributed by atoms with Crippen molar-refractivity contribution >= 4 is 33.6 Å². The van der Waals surface area contributed by atoms with Gasteiger partial charge in [0.05, 0.1) is 16.7 Å². The van der Waals surface area contributed by atoms with Crippen molar-refractivity contribution in [1.29, 1.82) is 0 Å². The molecule has 180 valence electrons. The van der Waals surface area contributed by atoms with Gasteiger partial charge in [-0.05, 0) is 34.9 Å². The molecule has 2 atom stereocenters. The fourth-order valence-corrected chi connectivity index (χ4v) is 7.45. The molecule has 6 aromatic rings. The molecule has 0 saturated heterocycles. The molecule has 0 amide bonds. The van der Waals surface area contributed by atoms with E-state index < -0.39 is 0 Å². The molecular formula is C35H24N2S. The van der Waals surface area contributed by atoms with E-state index in [1.54, 1.807) is 0 Å². The van der Waals surface area contributed by atoms with Crippen molar-refractivity contribution in [3.05, 3.63) is 139 Å². The van der Waals surface area contributed by atoms with E-state index in [0.717, 1.165) is 17.1 Å². The molecule has 4 aromatic carbocycles. The Bertz CT molecular complexity index is 1840. The van der Waals surface area contributed by atoms with Crippen LogP contribution in [0.2, 0.25) is 0 Å². The van der Waals surface area contributed by atoms with Gasteiger partial charge in [0.1, 0.15) is 5.82 Å². The first-order valence-corrected chi connectivity index (χ1v) is 13.9. The summed E-state index contributed by atoms with van der Waals surface area (Å²) in [5.41, 5.74) is 8.33. The summed E-state index contributed by atoms with van der Waals surface area (Å²) in [5, 5.41) is 2.99. The lowest BCUT2D eigenvalue weighted by Gasteiger charge is -2.14. The van der Waals surface area contributed by atoms with Crippen LogP contribution in [0.25, 0.3) is 50.0 Å². The third kappa shape index (κ3) is 3.32.